The third-order valence-corrected chi connectivity index (χ3v) is 4.79. The summed E-state index contributed by atoms with van der Waals surface area (Å²) in [4.78, 5) is 35.2. The second kappa shape index (κ2) is 6.59. The third-order valence-electron chi connectivity index (χ3n) is 4.50. The molecule has 2 amide bonds. The van der Waals surface area contributed by atoms with Gasteiger partial charge in [-0.1, -0.05) is 47.1 Å². The standard InChI is InChI=1S/C18H11ClF3N3O3/c19-11-6-10(18(20,21)22)7-23-13(11)14-12-15(28-24-14)17(27)25(16(12)26)8-9-4-2-1-3-5-9/h1-7,12,15H,8H2/t12-,15-/m1/s1. The monoisotopic (exact) mass is 409 g/mol. The normalized spacial score (nSPS) is 21.6. The molecule has 3 heterocycles. The summed E-state index contributed by atoms with van der Waals surface area (Å²) in [6, 6.07) is 9.57. The van der Waals surface area contributed by atoms with Crippen molar-refractivity contribution in [2.24, 2.45) is 11.1 Å². The zero-order valence-electron chi connectivity index (χ0n) is 14.0. The Labute approximate surface area is 161 Å². The first kappa shape index (κ1) is 18.4. The fourth-order valence-electron chi connectivity index (χ4n) is 3.13. The number of hydrogen-bond acceptors (Lipinski definition) is 5. The molecule has 0 bridgehead atoms. The molecule has 6 nitrogen and oxygen atoms in total. The lowest BCUT2D eigenvalue weighted by atomic mass is 9.96. The lowest BCUT2D eigenvalue weighted by Crippen LogP contribution is -2.32. The quantitative estimate of drug-likeness (QED) is 0.730. The Morgan fingerprint density at radius 1 is 1.14 bits per heavy atom. The zero-order chi connectivity index (χ0) is 20.1. The van der Waals surface area contributed by atoms with Crippen LogP contribution >= 0.6 is 11.6 Å². The van der Waals surface area contributed by atoms with Crippen molar-refractivity contribution in [2.75, 3.05) is 0 Å². The molecule has 0 aliphatic carbocycles. The number of fused-ring (bicyclic) bond motifs is 1. The van der Waals surface area contributed by atoms with Gasteiger partial charge in [0.25, 0.3) is 5.91 Å². The number of aromatic nitrogens is 1. The van der Waals surface area contributed by atoms with E-state index < -0.39 is 35.6 Å². The van der Waals surface area contributed by atoms with Crippen LogP contribution in [-0.4, -0.2) is 33.5 Å². The van der Waals surface area contributed by atoms with Gasteiger partial charge in [0.05, 0.1) is 17.1 Å². The number of rotatable bonds is 3. The summed E-state index contributed by atoms with van der Waals surface area (Å²) in [5.41, 5.74) is -0.465. The van der Waals surface area contributed by atoms with Gasteiger partial charge in [-0.2, -0.15) is 13.2 Å². The Balaban J connectivity index is 1.63. The smallest absolute Gasteiger partial charge is 0.381 e. The topological polar surface area (TPSA) is 71.9 Å². The fraction of sp³-hybridized carbons (Fsp3) is 0.222. The minimum absolute atomic E-state index is 0.0519. The van der Waals surface area contributed by atoms with Gasteiger partial charge < -0.3 is 4.84 Å². The van der Waals surface area contributed by atoms with Crippen molar-refractivity contribution in [1.29, 1.82) is 0 Å². The van der Waals surface area contributed by atoms with Crippen molar-refractivity contribution in [3.05, 3.63) is 64.4 Å². The molecule has 0 spiro atoms. The van der Waals surface area contributed by atoms with E-state index in [2.05, 4.69) is 10.1 Å². The molecule has 4 rings (SSSR count). The van der Waals surface area contributed by atoms with Gasteiger partial charge in [-0.15, -0.1) is 0 Å². The van der Waals surface area contributed by atoms with Crippen LogP contribution in [-0.2, 0) is 27.1 Å². The predicted octanol–water partition coefficient (Wildman–Crippen LogP) is 3.04. The molecule has 0 radical (unpaired) electrons. The second-order valence-electron chi connectivity index (χ2n) is 6.28. The molecule has 0 N–H and O–H groups in total. The second-order valence-corrected chi connectivity index (χ2v) is 6.69. The molecular weight excluding hydrogens is 399 g/mol. The van der Waals surface area contributed by atoms with E-state index in [-0.39, 0.29) is 23.0 Å². The van der Waals surface area contributed by atoms with E-state index in [9.17, 15) is 22.8 Å². The summed E-state index contributed by atoms with van der Waals surface area (Å²) >= 11 is 5.95. The molecule has 1 aromatic carbocycles. The number of carbonyl (C=O) groups is 2. The summed E-state index contributed by atoms with van der Waals surface area (Å²) in [6.07, 6.45) is -5.19. The lowest BCUT2D eigenvalue weighted by molar-refractivity contribution is -0.143. The Kier molecular flexibility index (Phi) is 4.34. The van der Waals surface area contributed by atoms with Gasteiger partial charge in [0.1, 0.15) is 17.3 Å². The number of nitrogens with zero attached hydrogens (tertiary/aromatic N) is 3. The van der Waals surface area contributed by atoms with Gasteiger partial charge in [0.2, 0.25) is 12.0 Å². The molecule has 28 heavy (non-hydrogen) atoms. The van der Waals surface area contributed by atoms with E-state index in [0.29, 0.717) is 12.3 Å². The number of halogens is 4. The largest absolute Gasteiger partial charge is 0.417 e. The highest BCUT2D eigenvalue weighted by Gasteiger charge is 2.56. The van der Waals surface area contributed by atoms with Crippen molar-refractivity contribution in [3.8, 4) is 0 Å². The molecule has 2 aliphatic heterocycles. The van der Waals surface area contributed by atoms with Gasteiger partial charge in [-0.25, -0.2) is 0 Å². The van der Waals surface area contributed by atoms with Crippen molar-refractivity contribution in [3.63, 3.8) is 0 Å². The molecule has 10 heteroatoms. The van der Waals surface area contributed by atoms with Crippen LogP contribution in [0.2, 0.25) is 5.02 Å². The van der Waals surface area contributed by atoms with E-state index in [1.165, 1.54) is 0 Å². The molecule has 0 unspecified atom stereocenters. The zero-order valence-corrected chi connectivity index (χ0v) is 14.7. The number of hydrogen-bond donors (Lipinski definition) is 0. The fourth-order valence-corrected chi connectivity index (χ4v) is 3.40. The molecule has 1 aromatic heterocycles. The summed E-state index contributed by atoms with van der Waals surface area (Å²) in [5, 5.41) is 3.37. The van der Waals surface area contributed by atoms with Crippen LogP contribution in [0, 0.1) is 5.92 Å². The van der Waals surface area contributed by atoms with E-state index in [4.69, 9.17) is 16.4 Å². The molecule has 1 saturated heterocycles. The average molecular weight is 410 g/mol. The maximum absolute atomic E-state index is 12.8. The van der Waals surface area contributed by atoms with Crippen molar-refractivity contribution in [1.82, 2.24) is 9.88 Å². The molecule has 2 aliphatic rings. The van der Waals surface area contributed by atoms with Crippen LogP contribution in [0.5, 0.6) is 0 Å². The number of amides is 2. The van der Waals surface area contributed by atoms with Gasteiger partial charge in [0, 0.05) is 6.20 Å². The highest BCUT2D eigenvalue weighted by atomic mass is 35.5. The Morgan fingerprint density at radius 3 is 2.50 bits per heavy atom. The number of oxime groups is 1. The number of benzene rings is 1. The van der Waals surface area contributed by atoms with Crippen LogP contribution in [0.1, 0.15) is 16.8 Å². The van der Waals surface area contributed by atoms with Gasteiger partial charge in [-0.3, -0.25) is 19.5 Å². The molecule has 0 saturated carbocycles. The summed E-state index contributed by atoms with van der Waals surface area (Å²) in [5.74, 6) is -2.23. The van der Waals surface area contributed by atoms with Gasteiger partial charge >= 0.3 is 6.18 Å². The highest BCUT2D eigenvalue weighted by Crippen LogP contribution is 2.36. The predicted molar refractivity (Wildman–Crippen MR) is 91.1 cm³/mol. The van der Waals surface area contributed by atoms with Gasteiger partial charge in [-0.05, 0) is 11.6 Å². The number of pyridine rings is 1. The van der Waals surface area contributed by atoms with Crippen LogP contribution < -0.4 is 0 Å². The van der Waals surface area contributed by atoms with E-state index in [1.54, 1.807) is 30.3 Å². The van der Waals surface area contributed by atoms with Crippen molar-refractivity contribution >= 4 is 29.1 Å². The number of imide groups is 1. The lowest BCUT2D eigenvalue weighted by Gasteiger charge is -2.15. The van der Waals surface area contributed by atoms with Crippen LogP contribution in [0.4, 0.5) is 13.2 Å². The van der Waals surface area contributed by atoms with Gasteiger partial charge in [0.15, 0.2) is 0 Å². The minimum atomic E-state index is -4.61. The van der Waals surface area contributed by atoms with E-state index in [1.807, 2.05) is 0 Å². The Hall–Kier alpha value is -2.94. The number of alkyl halides is 3. The average Bonchev–Trinajstić information content (AvgIpc) is 3.18. The van der Waals surface area contributed by atoms with E-state index in [0.717, 1.165) is 10.5 Å². The first-order valence-corrected chi connectivity index (χ1v) is 8.51. The number of carbonyl (C=O) groups excluding carboxylic acids is 2. The number of likely N-dealkylation sites (tertiary alicyclic amines) is 1. The summed E-state index contributed by atoms with van der Waals surface area (Å²) in [6.45, 7) is 0.0519. The highest BCUT2D eigenvalue weighted by molar-refractivity contribution is 6.35. The molecule has 144 valence electrons. The van der Waals surface area contributed by atoms with Crippen molar-refractivity contribution in [2.45, 2.75) is 18.8 Å². The maximum Gasteiger partial charge on any atom is 0.417 e. The van der Waals surface area contributed by atoms with Crippen molar-refractivity contribution < 1.29 is 27.6 Å². The maximum atomic E-state index is 12.8. The Morgan fingerprint density at radius 2 is 1.86 bits per heavy atom. The summed E-state index contributed by atoms with van der Waals surface area (Å²) < 4.78 is 38.4. The van der Waals surface area contributed by atoms with Crippen LogP contribution in [0.25, 0.3) is 0 Å². The third kappa shape index (κ3) is 3.01. The minimum Gasteiger partial charge on any atom is -0.381 e. The first-order valence-electron chi connectivity index (χ1n) is 8.13. The molecule has 2 atom stereocenters. The first-order chi connectivity index (χ1) is 13.3. The van der Waals surface area contributed by atoms with Crippen LogP contribution in [0.3, 0.4) is 0 Å². The SMILES string of the molecule is O=C1[C@@H]2C(c3ncc(C(F)(F)F)cc3Cl)=NO[C@H]2C(=O)N1Cc1ccccc1. The Bertz CT molecular complexity index is 995. The summed E-state index contributed by atoms with van der Waals surface area (Å²) in [7, 11) is 0. The molecule has 1 fully saturated rings. The van der Waals surface area contributed by atoms with Crippen LogP contribution in [0.15, 0.2) is 47.8 Å². The molecular formula is C18H11ClF3N3O3. The molecule has 2 aromatic rings. The van der Waals surface area contributed by atoms with E-state index >= 15 is 0 Å².